The lowest BCUT2D eigenvalue weighted by Gasteiger charge is -2.33. The smallest absolute Gasteiger partial charge is 0.303 e. The zero-order chi connectivity index (χ0) is 13.9. The molecular weight excluding hydrogens is 332 g/mol. The number of hydrogen-bond donors (Lipinski definition) is 2. The first-order valence-electron chi connectivity index (χ1n) is 6.14. The van der Waals surface area contributed by atoms with Crippen LogP contribution in [0.3, 0.4) is 0 Å². The maximum absolute atomic E-state index is 12.3. The van der Waals surface area contributed by atoms with Gasteiger partial charge in [-0.05, 0) is 40.9 Å². The summed E-state index contributed by atoms with van der Waals surface area (Å²) in [5, 5.41) is 0. The molecular formula is C11H17BrN4O2S. The quantitative estimate of drug-likeness (QED) is 0.858. The van der Waals surface area contributed by atoms with Crippen molar-refractivity contribution >= 4 is 32.0 Å². The molecule has 0 bridgehead atoms. The van der Waals surface area contributed by atoms with E-state index in [0.29, 0.717) is 18.9 Å². The lowest BCUT2D eigenvalue weighted by atomic mass is 10.1. The number of piperidine rings is 1. The van der Waals surface area contributed by atoms with E-state index in [4.69, 9.17) is 5.73 Å². The molecule has 0 aliphatic carbocycles. The normalized spacial score (nSPS) is 21.3. The van der Waals surface area contributed by atoms with Gasteiger partial charge in [0.2, 0.25) is 0 Å². The Bertz CT molecular complexity index is 520. The van der Waals surface area contributed by atoms with Crippen LogP contribution in [-0.4, -0.2) is 36.8 Å². The molecule has 1 aromatic heterocycles. The van der Waals surface area contributed by atoms with E-state index in [9.17, 15) is 8.42 Å². The van der Waals surface area contributed by atoms with E-state index in [1.807, 2.05) is 0 Å². The third-order valence-electron chi connectivity index (χ3n) is 3.11. The predicted octanol–water partition coefficient (Wildman–Crippen LogP) is 1.31. The summed E-state index contributed by atoms with van der Waals surface area (Å²) in [6.45, 7) is 0.850. The van der Waals surface area contributed by atoms with Crippen molar-refractivity contribution in [1.29, 1.82) is 0 Å². The van der Waals surface area contributed by atoms with Crippen LogP contribution in [0.5, 0.6) is 0 Å². The molecule has 106 valence electrons. The standard InChI is InChI=1S/C11H17BrN4O2S/c12-9-4-5-11(14-8-9)15-19(17,18)16-6-2-1-3-10(16)7-13/h4-5,8,10H,1-3,6-7,13H2,(H,14,15). The number of aromatic nitrogens is 1. The number of rotatable bonds is 4. The lowest BCUT2D eigenvalue weighted by Crippen LogP contribution is -2.49. The van der Waals surface area contributed by atoms with Gasteiger partial charge >= 0.3 is 10.2 Å². The number of halogens is 1. The van der Waals surface area contributed by atoms with Crippen LogP contribution in [0.4, 0.5) is 5.82 Å². The second-order valence-corrected chi connectivity index (χ2v) is 7.00. The van der Waals surface area contributed by atoms with E-state index < -0.39 is 10.2 Å². The average molecular weight is 349 g/mol. The Labute approximate surface area is 121 Å². The first kappa shape index (κ1) is 14.7. The number of nitrogens with two attached hydrogens (primary N) is 1. The highest BCUT2D eigenvalue weighted by atomic mass is 79.9. The summed E-state index contributed by atoms with van der Waals surface area (Å²) in [5.41, 5.74) is 5.65. The molecule has 0 saturated carbocycles. The maximum Gasteiger partial charge on any atom is 0.303 e. The van der Waals surface area contributed by atoms with Gasteiger partial charge in [0.15, 0.2) is 0 Å². The molecule has 1 saturated heterocycles. The van der Waals surface area contributed by atoms with Crippen LogP contribution in [0.15, 0.2) is 22.8 Å². The van der Waals surface area contributed by atoms with Gasteiger partial charge in [0.25, 0.3) is 0 Å². The van der Waals surface area contributed by atoms with E-state index in [1.165, 1.54) is 4.31 Å². The Kier molecular flexibility index (Phi) is 4.77. The summed E-state index contributed by atoms with van der Waals surface area (Å²) in [7, 11) is -3.58. The molecule has 1 unspecified atom stereocenters. The fourth-order valence-electron chi connectivity index (χ4n) is 2.15. The molecule has 19 heavy (non-hydrogen) atoms. The highest BCUT2D eigenvalue weighted by Crippen LogP contribution is 2.21. The Morgan fingerprint density at radius 2 is 2.26 bits per heavy atom. The Morgan fingerprint density at radius 1 is 1.47 bits per heavy atom. The number of anilines is 1. The Balaban J connectivity index is 2.14. The topological polar surface area (TPSA) is 88.3 Å². The van der Waals surface area contributed by atoms with Crippen LogP contribution >= 0.6 is 15.9 Å². The van der Waals surface area contributed by atoms with Gasteiger partial charge in [-0.2, -0.15) is 12.7 Å². The number of nitrogens with zero attached hydrogens (tertiary/aromatic N) is 2. The average Bonchev–Trinajstić information content (AvgIpc) is 2.41. The summed E-state index contributed by atoms with van der Waals surface area (Å²) in [6.07, 6.45) is 4.25. The molecule has 1 atom stereocenters. The maximum atomic E-state index is 12.3. The molecule has 2 rings (SSSR count). The van der Waals surface area contributed by atoms with Crippen molar-refractivity contribution in [3.63, 3.8) is 0 Å². The molecule has 1 aliphatic heterocycles. The van der Waals surface area contributed by atoms with Gasteiger partial charge in [-0.1, -0.05) is 6.42 Å². The zero-order valence-corrected chi connectivity index (χ0v) is 12.8. The zero-order valence-electron chi connectivity index (χ0n) is 10.4. The van der Waals surface area contributed by atoms with Crippen molar-refractivity contribution in [2.75, 3.05) is 17.8 Å². The fourth-order valence-corrected chi connectivity index (χ4v) is 3.84. The van der Waals surface area contributed by atoms with Crippen LogP contribution < -0.4 is 10.5 Å². The molecule has 1 aromatic rings. The minimum absolute atomic E-state index is 0.123. The van der Waals surface area contributed by atoms with E-state index in [0.717, 1.165) is 23.7 Å². The number of pyridine rings is 1. The minimum atomic E-state index is -3.58. The molecule has 0 spiro atoms. The van der Waals surface area contributed by atoms with Gasteiger partial charge in [0.05, 0.1) is 0 Å². The van der Waals surface area contributed by atoms with Crippen LogP contribution in [0.25, 0.3) is 0 Å². The van der Waals surface area contributed by atoms with E-state index in [-0.39, 0.29) is 6.04 Å². The highest BCUT2D eigenvalue weighted by molar-refractivity contribution is 9.10. The van der Waals surface area contributed by atoms with Crippen molar-refractivity contribution < 1.29 is 8.42 Å². The van der Waals surface area contributed by atoms with E-state index >= 15 is 0 Å². The highest BCUT2D eigenvalue weighted by Gasteiger charge is 2.31. The molecule has 8 heteroatoms. The summed E-state index contributed by atoms with van der Waals surface area (Å²) in [6, 6.07) is 3.23. The number of hydrogen-bond acceptors (Lipinski definition) is 4. The lowest BCUT2D eigenvalue weighted by molar-refractivity contribution is 0.259. The van der Waals surface area contributed by atoms with Crippen LogP contribution in [0, 0.1) is 0 Å². The van der Waals surface area contributed by atoms with Gasteiger partial charge in [-0.3, -0.25) is 4.72 Å². The van der Waals surface area contributed by atoms with Crippen molar-refractivity contribution in [1.82, 2.24) is 9.29 Å². The third-order valence-corrected chi connectivity index (χ3v) is 5.15. The van der Waals surface area contributed by atoms with Crippen LogP contribution in [-0.2, 0) is 10.2 Å². The van der Waals surface area contributed by atoms with Gasteiger partial charge < -0.3 is 5.73 Å². The fraction of sp³-hybridized carbons (Fsp3) is 0.545. The second kappa shape index (κ2) is 6.17. The second-order valence-electron chi connectivity index (χ2n) is 4.46. The molecule has 3 N–H and O–H groups in total. The monoisotopic (exact) mass is 348 g/mol. The Morgan fingerprint density at radius 3 is 2.89 bits per heavy atom. The first-order chi connectivity index (χ1) is 9.03. The SMILES string of the molecule is NCC1CCCCN1S(=O)(=O)Nc1ccc(Br)cn1. The molecule has 1 fully saturated rings. The minimum Gasteiger partial charge on any atom is -0.329 e. The van der Waals surface area contributed by atoms with Crippen LogP contribution in [0.1, 0.15) is 19.3 Å². The predicted molar refractivity (Wildman–Crippen MR) is 77.9 cm³/mol. The summed E-state index contributed by atoms with van der Waals surface area (Å²) in [5.74, 6) is 0.310. The van der Waals surface area contributed by atoms with E-state index in [2.05, 4.69) is 25.6 Å². The summed E-state index contributed by atoms with van der Waals surface area (Å²) >= 11 is 3.26. The van der Waals surface area contributed by atoms with E-state index in [1.54, 1.807) is 18.3 Å². The van der Waals surface area contributed by atoms with Crippen molar-refractivity contribution in [3.05, 3.63) is 22.8 Å². The molecule has 0 radical (unpaired) electrons. The summed E-state index contributed by atoms with van der Waals surface area (Å²) in [4.78, 5) is 4.01. The summed E-state index contributed by atoms with van der Waals surface area (Å²) < 4.78 is 29.4. The van der Waals surface area contributed by atoms with Gasteiger partial charge in [-0.15, -0.1) is 0 Å². The number of nitrogens with one attached hydrogen (secondary N) is 1. The van der Waals surface area contributed by atoms with Gasteiger partial charge in [0.1, 0.15) is 5.82 Å². The molecule has 0 aromatic carbocycles. The largest absolute Gasteiger partial charge is 0.329 e. The van der Waals surface area contributed by atoms with Crippen LogP contribution in [0.2, 0.25) is 0 Å². The van der Waals surface area contributed by atoms with Gasteiger partial charge in [0, 0.05) is 29.8 Å². The third kappa shape index (κ3) is 3.65. The Hall–Kier alpha value is -0.700. The molecule has 1 aliphatic rings. The van der Waals surface area contributed by atoms with Crippen molar-refractivity contribution in [3.8, 4) is 0 Å². The molecule has 2 heterocycles. The molecule has 0 amide bonds. The van der Waals surface area contributed by atoms with Crippen molar-refractivity contribution in [2.45, 2.75) is 25.3 Å². The van der Waals surface area contributed by atoms with Crippen molar-refractivity contribution in [2.24, 2.45) is 5.73 Å². The molecule has 6 nitrogen and oxygen atoms in total. The van der Waals surface area contributed by atoms with Gasteiger partial charge in [-0.25, -0.2) is 4.98 Å². The first-order valence-corrected chi connectivity index (χ1v) is 8.37.